The Bertz CT molecular complexity index is 1760. The molecule has 1 unspecified atom stereocenters. The zero-order valence-corrected chi connectivity index (χ0v) is 50.1. The summed E-state index contributed by atoms with van der Waals surface area (Å²) in [5.74, 6) is -1.02. The number of unbranched alkanes of at least 4 members (excludes halogenated alkanes) is 18. The van der Waals surface area contributed by atoms with Gasteiger partial charge in [-0.3, -0.25) is 14.4 Å². The Morgan fingerprint density at radius 2 is 0.513 bits per heavy atom. The molecule has 0 aliphatic heterocycles. The summed E-state index contributed by atoms with van der Waals surface area (Å²) < 4.78 is 16.8. The summed E-state index contributed by atoms with van der Waals surface area (Å²) in [4.78, 5) is 38.2. The molecular weight excluding hydrogens is 961 g/mol. The van der Waals surface area contributed by atoms with Gasteiger partial charge in [0.25, 0.3) is 0 Å². The fraction of sp³-hybridized carbons (Fsp3) is 0.597. The topological polar surface area (TPSA) is 78.9 Å². The van der Waals surface area contributed by atoms with Gasteiger partial charge in [0, 0.05) is 19.3 Å². The summed E-state index contributed by atoms with van der Waals surface area (Å²) >= 11 is 0. The Kier molecular flexibility index (Phi) is 60.4. The molecule has 6 heteroatoms. The summed E-state index contributed by atoms with van der Waals surface area (Å²) in [6.07, 6.45) is 94.0. The number of hydrogen-bond acceptors (Lipinski definition) is 6. The predicted octanol–water partition coefficient (Wildman–Crippen LogP) is 21.7. The van der Waals surface area contributed by atoms with Crippen molar-refractivity contribution in [3.05, 3.63) is 158 Å². The first-order valence-corrected chi connectivity index (χ1v) is 31.5. The van der Waals surface area contributed by atoms with Crippen molar-refractivity contribution in [1.29, 1.82) is 0 Å². The normalized spacial score (nSPS) is 13.2. The first kappa shape index (κ1) is 73.0. The van der Waals surface area contributed by atoms with Crippen LogP contribution in [0.2, 0.25) is 0 Å². The predicted molar refractivity (Wildman–Crippen MR) is 338 cm³/mol. The zero-order chi connectivity index (χ0) is 56.4. The highest BCUT2D eigenvalue weighted by atomic mass is 16.6. The molecule has 0 saturated heterocycles. The zero-order valence-electron chi connectivity index (χ0n) is 50.1. The number of hydrogen-bond donors (Lipinski definition) is 0. The van der Waals surface area contributed by atoms with Crippen LogP contribution in [0.3, 0.4) is 0 Å². The fourth-order valence-electron chi connectivity index (χ4n) is 8.10. The number of rotatable bonds is 55. The van der Waals surface area contributed by atoms with Crippen LogP contribution < -0.4 is 0 Å². The minimum Gasteiger partial charge on any atom is -0.462 e. The third kappa shape index (κ3) is 61.9. The van der Waals surface area contributed by atoms with Crippen LogP contribution in [0.15, 0.2) is 158 Å². The van der Waals surface area contributed by atoms with E-state index in [0.29, 0.717) is 19.3 Å². The van der Waals surface area contributed by atoms with Gasteiger partial charge in [0.05, 0.1) is 0 Å². The summed E-state index contributed by atoms with van der Waals surface area (Å²) in [7, 11) is 0. The maximum absolute atomic E-state index is 12.9. The molecule has 0 aliphatic rings. The highest BCUT2D eigenvalue weighted by molar-refractivity contribution is 5.71. The van der Waals surface area contributed by atoms with E-state index in [0.717, 1.165) is 128 Å². The van der Waals surface area contributed by atoms with Gasteiger partial charge < -0.3 is 14.2 Å². The van der Waals surface area contributed by atoms with Crippen molar-refractivity contribution in [2.24, 2.45) is 0 Å². The SMILES string of the molecule is CC/C=C\C/C=C\C/C=C\C/C=C\C/C=C\C/C=C\C/C=C\C/C=C\C/C=C\CCCC(=O)OCC(COC(=O)CCCCC/C=C\C/C=C\C/C=C\CC)OC(=O)CCCCCCCCC/C=C\CCCCCCCCC. The third-order valence-corrected chi connectivity index (χ3v) is 12.7. The standard InChI is InChI=1S/C72H114O6/c1-4-7-10-13-16-19-22-25-27-29-31-32-33-34-35-36-37-38-39-40-41-43-44-47-50-53-56-59-62-65-71(74)77-68-69(67-76-70(73)64-61-58-55-52-49-46-24-21-18-15-12-9-6-3)78-72(75)66-63-60-57-54-51-48-45-42-30-28-26-23-20-17-14-11-8-5-2/h7,9-10,12,16,18-19,21,25,27-28,30-32,34-35,37-38,40-41,44,46-47,49,53,56,69H,4-6,8,11,13-15,17,20,22-24,26,29,33,36,39,42-43,45,48,50-52,54-55,57-68H2,1-3H3/b10-7-,12-9-,19-16-,21-18-,27-25-,30-28-,32-31-,35-34-,38-37-,41-40-,47-44-,49-46-,56-53-. The number of ether oxygens (including phenoxy) is 3. The molecule has 78 heavy (non-hydrogen) atoms. The Morgan fingerprint density at radius 1 is 0.269 bits per heavy atom. The molecule has 0 saturated carbocycles. The van der Waals surface area contributed by atoms with Crippen molar-refractivity contribution in [3.63, 3.8) is 0 Å². The van der Waals surface area contributed by atoms with Crippen LogP contribution in [0.4, 0.5) is 0 Å². The number of allylic oxidation sites excluding steroid dienone is 26. The van der Waals surface area contributed by atoms with Crippen LogP contribution in [0, 0.1) is 0 Å². The van der Waals surface area contributed by atoms with E-state index >= 15 is 0 Å². The largest absolute Gasteiger partial charge is 0.462 e. The van der Waals surface area contributed by atoms with E-state index in [1.807, 2.05) is 0 Å². The Balaban J connectivity index is 4.48. The van der Waals surface area contributed by atoms with E-state index in [9.17, 15) is 14.4 Å². The van der Waals surface area contributed by atoms with Crippen LogP contribution in [0.1, 0.15) is 258 Å². The maximum atomic E-state index is 12.9. The molecule has 0 aromatic heterocycles. The summed E-state index contributed by atoms with van der Waals surface area (Å²) in [5.41, 5.74) is 0. The molecule has 0 spiro atoms. The van der Waals surface area contributed by atoms with Gasteiger partial charge in [-0.2, -0.15) is 0 Å². The van der Waals surface area contributed by atoms with Gasteiger partial charge in [-0.05, 0) is 141 Å². The number of esters is 3. The lowest BCUT2D eigenvalue weighted by atomic mass is 10.1. The van der Waals surface area contributed by atoms with E-state index in [1.54, 1.807) is 0 Å². The molecule has 0 aromatic carbocycles. The van der Waals surface area contributed by atoms with Gasteiger partial charge in [0.2, 0.25) is 0 Å². The molecule has 438 valence electrons. The molecule has 1 atom stereocenters. The molecule has 0 fully saturated rings. The molecule has 0 bridgehead atoms. The summed E-state index contributed by atoms with van der Waals surface area (Å²) in [6.45, 7) is 6.33. The summed E-state index contributed by atoms with van der Waals surface area (Å²) in [6, 6.07) is 0. The molecule has 0 radical (unpaired) electrons. The molecular formula is C72H114O6. The Morgan fingerprint density at radius 3 is 0.859 bits per heavy atom. The van der Waals surface area contributed by atoms with E-state index < -0.39 is 6.10 Å². The molecule has 6 nitrogen and oxygen atoms in total. The molecule has 0 aliphatic carbocycles. The number of carbonyl (C=O) groups is 3. The van der Waals surface area contributed by atoms with E-state index in [4.69, 9.17) is 14.2 Å². The molecule has 0 heterocycles. The van der Waals surface area contributed by atoms with Crippen LogP contribution in [0.5, 0.6) is 0 Å². The first-order chi connectivity index (χ1) is 38.5. The van der Waals surface area contributed by atoms with Gasteiger partial charge in [-0.15, -0.1) is 0 Å². The quantitative estimate of drug-likeness (QED) is 0.0261. The number of carbonyl (C=O) groups excluding carboxylic acids is 3. The Hall–Kier alpha value is -4.97. The van der Waals surface area contributed by atoms with E-state index in [1.165, 1.54) is 83.5 Å². The van der Waals surface area contributed by atoms with Gasteiger partial charge in [-0.1, -0.05) is 256 Å². The maximum Gasteiger partial charge on any atom is 0.306 e. The minimum atomic E-state index is -0.824. The first-order valence-electron chi connectivity index (χ1n) is 31.5. The van der Waals surface area contributed by atoms with Crippen LogP contribution in [0.25, 0.3) is 0 Å². The van der Waals surface area contributed by atoms with E-state index in [2.05, 4.69) is 179 Å². The average Bonchev–Trinajstić information content (AvgIpc) is 3.44. The average molecular weight is 1080 g/mol. The van der Waals surface area contributed by atoms with Crippen molar-refractivity contribution in [2.45, 2.75) is 264 Å². The molecule has 0 N–H and O–H groups in total. The minimum absolute atomic E-state index is 0.119. The second-order valence-electron chi connectivity index (χ2n) is 20.2. The lowest BCUT2D eigenvalue weighted by Gasteiger charge is -2.18. The van der Waals surface area contributed by atoms with Gasteiger partial charge in [-0.25, -0.2) is 0 Å². The van der Waals surface area contributed by atoms with Gasteiger partial charge >= 0.3 is 17.9 Å². The van der Waals surface area contributed by atoms with Crippen molar-refractivity contribution < 1.29 is 28.6 Å². The Labute approximate surface area is 480 Å². The van der Waals surface area contributed by atoms with Gasteiger partial charge in [0.15, 0.2) is 6.10 Å². The van der Waals surface area contributed by atoms with Crippen LogP contribution in [-0.2, 0) is 28.6 Å². The smallest absolute Gasteiger partial charge is 0.306 e. The van der Waals surface area contributed by atoms with Crippen LogP contribution in [-0.4, -0.2) is 37.2 Å². The van der Waals surface area contributed by atoms with Crippen molar-refractivity contribution >= 4 is 17.9 Å². The lowest BCUT2D eigenvalue weighted by molar-refractivity contribution is -0.167. The molecule has 0 aromatic rings. The van der Waals surface area contributed by atoms with E-state index in [-0.39, 0.29) is 37.5 Å². The van der Waals surface area contributed by atoms with Crippen LogP contribution >= 0.6 is 0 Å². The van der Waals surface area contributed by atoms with Gasteiger partial charge in [0.1, 0.15) is 13.2 Å². The molecule has 0 rings (SSSR count). The second kappa shape index (κ2) is 64.6. The highest BCUT2D eigenvalue weighted by Gasteiger charge is 2.19. The monoisotopic (exact) mass is 1070 g/mol. The van der Waals surface area contributed by atoms with Crippen molar-refractivity contribution in [1.82, 2.24) is 0 Å². The van der Waals surface area contributed by atoms with Crippen molar-refractivity contribution in [2.75, 3.05) is 13.2 Å². The van der Waals surface area contributed by atoms with Crippen molar-refractivity contribution in [3.8, 4) is 0 Å². The highest BCUT2D eigenvalue weighted by Crippen LogP contribution is 2.14. The fourth-order valence-corrected chi connectivity index (χ4v) is 8.10. The molecule has 0 amide bonds. The lowest BCUT2D eigenvalue weighted by Crippen LogP contribution is -2.30. The third-order valence-electron chi connectivity index (χ3n) is 12.7. The second-order valence-corrected chi connectivity index (χ2v) is 20.2. The summed E-state index contributed by atoms with van der Waals surface area (Å²) in [5, 5.41) is 0.